The summed E-state index contributed by atoms with van der Waals surface area (Å²) in [6, 6.07) is 3.08. The number of carbonyl (C=O) groups excluding carboxylic acids is 2. The highest BCUT2D eigenvalue weighted by Crippen LogP contribution is 2.32. The molecular formula is C11H11BrO5. The molecule has 0 aliphatic carbocycles. The van der Waals surface area contributed by atoms with Gasteiger partial charge in [0, 0.05) is 6.07 Å². The second kappa shape index (κ2) is 6.24. The van der Waals surface area contributed by atoms with Crippen molar-refractivity contribution in [2.45, 2.75) is 0 Å². The number of hydrogen-bond donors (Lipinski definition) is 0. The molecule has 1 aromatic rings. The van der Waals surface area contributed by atoms with Crippen molar-refractivity contribution in [1.82, 2.24) is 0 Å². The number of aldehydes is 1. The Morgan fingerprint density at radius 2 is 2.06 bits per heavy atom. The molecule has 0 aromatic heterocycles. The lowest BCUT2D eigenvalue weighted by molar-refractivity contribution is -0.142. The Balaban J connectivity index is 2.96. The van der Waals surface area contributed by atoms with Gasteiger partial charge in [-0.2, -0.15) is 0 Å². The van der Waals surface area contributed by atoms with Gasteiger partial charge in [-0.15, -0.1) is 0 Å². The van der Waals surface area contributed by atoms with Gasteiger partial charge >= 0.3 is 5.97 Å². The summed E-state index contributed by atoms with van der Waals surface area (Å²) in [6.07, 6.45) is 0.636. The van der Waals surface area contributed by atoms with Crippen molar-refractivity contribution < 1.29 is 23.8 Å². The highest BCUT2D eigenvalue weighted by Gasteiger charge is 2.11. The normalized spacial score (nSPS) is 9.59. The third-order valence-corrected chi connectivity index (χ3v) is 2.60. The van der Waals surface area contributed by atoms with Crippen molar-refractivity contribution in [3.8, 4) is 11.5 Å². The largest absolute Gasteiger partial charge is 0.495 e. The summed E-state index contributed by atoms with van der Waals surface area (Å²) in [5.41, 5.74) is 0.321. The first-order chi connectivity index (χ1) is 8.12. The predicted molar refractivity (Wildman–Crippen MR) is 63.6 cm³/mol. The average Bonchev–Trinajstić information content (AvgIpc) is 2.36. The molecule has 0 saturated carbocycles. The number of hydrogen-bond acceptors (Lipinski definition) is 5. The molecule has 0 bridgehead atoms. The molecule has 6 heteroatoms. The molecule has 0 aliphatic rings. The Morgan fingerprint density at radius 1 is 1.35 bits per heavy atom. The maximum Gasteiger partial charge on any atom is 0.343 e. The molecule has 1 rings (SSSR count). The maximum absolute atomic E-state index is 10.9. The maximum atomic E-state index is 10.9. The minimum atomic E-state index is -0.524. The first-order valence-electron chi connectivity index (χ1n) is 4.64. The zero-order valence-corrected chi connectivity index (χ0v) is 10.9. The summed E-state index contributed by atoms with van der Waals surface area (Å²) in [6.45, 7) is -0.262. The molecule has 0 heterocycles. The van der Waals surface area contributed by atoms with Crippen LogP contribution in [0.2, 0.25) is 0 Å². The molecule has 0 amide bonds. The Bertz CT molecular complexity index is 430. The van der Waals surface area contributed by atoms with Gasteiger partial charge in [-0.05, 0) is 22.0 Å². The molecule has 0 fully saturated rings. The van der Waals surface area contributed by atoms with Gasteiger partial charge in [-0.25, -0.2) is 4.79 Å². The molecule has 0 radical (unpaired) electrons. The zero-order valence-electron chi connectivity index (χ0n) is 9.36. The van der Waals surface area contributed by atoms with Crippen molar-refractivity contribution in [2.24, 2.45) is 0 Å². The molecule has 0 unspecified atom stereocenters. The van der Waals surface area contributed by atoms with E-state index >= 15 is 0 Å². The highest BCUT2D eigenvalue weighted by atomic mass is 79.9. The third kappa shape index (κ3) is 3.45. The molecule has 0 atom stereocenters. The van der Waals surface area contributed by atoms with Crippen LogP contribution >= 0.6 is 15.9 Å². The van der Waals surface area contributed by atoms with Crippen molar-refractivity contribution in [2.75, 3.05) is 20.8 Å². The third-order valence-electron chi connectivity index (χ3n) is 1.98. The van der Waals surface area contributed by atoms with Crippen LogP contribution in [0.1, 0.15) is 10.4 Å². The minimum absolute atomic E-state index is 0.262. The molecule has 1 aromatic carbocycles. The van der Waals surface area contributed by atoms with Crippen LogP contribution in [-0.4, -0.2) is 33.1 Å². The van der Waals surface area contributed by atoms with Gasteiger partial charge in [0.2, 0.25) is 0 Å². The van der Waals surface area contributed by atoms with E-state index in [0.29, 0.717) is 22.1 Å². The summed E-state index contributed by atoms with van der Waals surface area (Å²) in [7, 11) is 2.75. The van der Waals surface area contributed by atoms with E-state index in [-0.39, 0.29) is 12.4 Å². The summed E-state index contributed by atoms with van der Waals surface area (Å²) in [4.78, 5) is 21.8. The number of carbonyl (C=O) groups is 2. The van der Waals surface area contributed by atoms with Crippen LogP contribution in [0.4, 0.5) is 0 Å². The molecule has 0 aliphatic heterocycles. The molecule has 0 spiro atoms. The topological polar surface area (TPSA) is 61.8 Å². The molecule has 5 nitrogen and oxygen atoms in total. The van der Waals surface area contributed by atoms with E-state index in [2.05, 4.69) is 20.7 Å². The van der Waals surface area contributed by atoms with Crippen molar-refractivity contribution >= 4 is 28.2 Å². The second-order valence-corrected chi connectivity index (χ2v) is 3.86. The van der Waals surface area contributed by atoms with Crippen LogP contribution in [0.5, 0.6) is 11.5 Å². The van der Waals surface area contributed by atoms with Crippen LogP contribution in [-0.2, 0) is 9.53 Å². The molecular weight excluding hydrogens is 292 g/mol. The second-order valence-electron chi connectivity index (χ2n) is 3.01. The van der Waals surface area contributed by atoms with Gasteiger partial charge in [0.25, 0.3) is 0 Å². The number of halogens is 1. The number of methoxy groups -OCH3 is 2. The Labute approximate surface area is 107 Å². The lowest BCUT2D eigenvalue weighted by atomic mass is 10.2. The molecule has 92 valence electrons. The zero-order chi connectivity index (χ0) is 12.8. The predicted octanol–water partition coefficient (Wildman–Crippen LogP) is 1.82. The van der Waals surface area contributed by atoms with Gasteiger partial charge in [0.1, 0.15) is 11.5 Å². The summed E-state index contributed by atoms with van der Waals surface area (Å²) in [5, 5.41) is 0. The number of rotatable bonds is 5. The lowest BCUT2D eigenvalue weighted by Crippen LogP contribution is -2.13. The van der Waals surface area contributed by atoms with E-state index in [0.717, 1.165) is 0 Å². The van der Waals surface area contributed by atoms with E-state index in [1.54, 1.807) is 6.07 Å². The van der Waals surface area contributed by atoms with Crippen molar-refractivity contribution in [3.05, 3.63) is 22.2 Å². The Hall–Kier alpha value is -1.56. The van der Waals surface area contributed by atoms with E-state index in [1.165, 1.54) is 20.3 Å². The van der Waals surface area contributed by atoms with Crippen LogP contribution in [0, 0.1) is 0 Å². The molecule has 0 saturated heterocycles. The fourth-order valence-corrected chi connectivity index (χ4v) is 1.64. The average molecular weight is 303 g/mol. The van der Waals surface area contributed by atoms with Gasteiger partial charge in [-0.3, -0.25) is 4.79 Å². The minimum Gasteiger partial charge on any atom is -0.495 e. The Morgan fingerprint density at radius 3 is 2.59 bits per heavy atom. The summed E-state index contributed by atoms with van der Waals surface area (Å²) >= 11 is 3.24. The fourth-order valence-electron chi connectivity index (χ4n) is 1.12. The number of ether oxygens (including phenoxy) is 3. The fraction of sp³-hybridized carbons (Fsp3) is 0.273. The van der Waals surface area contributed by atoms with Crippen LogP contribution in [0.15, 0.2) is 16.6 Å². The van der Waals surface area contributed by atoms with Gasteiger partial charge in [0.15, 0.2) is 12.9 Å². The van der Waals surface area contributed by atoms with E-state index < -0.39 is 5.97 Å². The first kappa shape index (κ1) is 13.5. The number of esters is 1. The SMILES string of the molecule is COC(=O)COc1cc(OC)c(Br)cc1C=O. The standard InChI is InChI=1S/C11H11BrO5/c1-15-10-4-9(17-6-11(14)16-2)7(5-13)3-8(10)12/h3-5H,6H2,1-2H3. The van der Waals surface area contributed by atoms with Gasteiger partial charge in [0.05, 0.1) is 24.3 Å². The van der Waals surface area contributed by atoms with E-state index in [1.807, 2.05) is 0 Å². The van der Waals surface area contributed by atoms with E-state index in [4.69, 9.17) is 9.47 Å². The monoisotopic (exact) mass is 302 g/mol. The first-order valence-corrected chi connectivity index (χ1v) is 5.44. The Kier molecular flexibility index (Phi) is 4.96. The van der Waals surface area contributed by atoms with E-state index in [9.17, 15) is 9.59 Å². The van der Waals surface area contributed by atoms with Crippen molar-refractivity contribution in [1.29, 1.82) is 0 Å². The molecule has 17 heavy (non-hydrogen) atoms. The summed E-state index contributed by atoms with van der Waals surface area (Å²) < 4.78 is 15.3. The van der Waals surface area contributed by atoms with Crippen LogP contribution in [0.3, 0.4) is 0 Å². The highest BCUT2D eigenvalue weighted by molar-refractivity contribution is 9.10. The smallest absolute Gasteiger partial charge is 0.343 e. The summed E-state index contributed by atoms with van der Waals surface area (Å²) in [5.74, 6) is 0.254. The molecule has 0 N–H and O–H groups in total. The lowest BCUT2D eigenvalue weighted by Gasteiger charge is -2.10. The van der Waals surface area contributed by atoms with Gasteiger partial charge < -0.3 is 14.2 Å². The van der Waals surface area contributed by atoms with Crippen molar-refractivity contribution in [3.63, 3.8) is 0 Å². The quantitative estimate of drug-likeness (QED) is 0.613. The van der Waals surface area contributed by atoms with Crippen LogP contribution < -0.4 is 9.47 Å². The number of benzene rings is 1. The van der Waals surface area contributed by atoms with Crippen LogP contribution in [0.25, 0.3) is 0 Å². The van der Waals surface area contributed by atoms with Gasteiger partial charge in [-0.1, -0.05) is 0 Å².